The lowest BCUT2D eigenvalue weighted by molar-refractivity contribution is -0.126. The van der Waals surface area contributed by atoms with E-state index in [-0.39, 0.29) is 17.6 Å². The number of nitrogens with one attached hydrogen (secondary N) is 1. The molecule has 1 atom stereocenters. The van der Waals surface area contributed by atoms with Crippen LogP contribution in [0, 0.1) is 18.7 Å². The quantitative estimate of drug-likeness (QED) is 0.901. The molecule has 1 fully saturated rings. The normalized spacial score (nSPS) is 18.1. The van der Waals surface area contributed by atoms with Gasteiger partial charge in [-0.3, -0.25) is 9.69 Å². The molecule has 3 nitrogen and oxygen atoms in total. The molecule has 1 saturated heterocycles. The standard InChI is InChI=1S/C21H25FN2O/c1-16-4-2-5-18(12-16)13-23-21(25)19-6-3-11-24(15-19)14-17-7-9-20(22)10-8-17/h2,4-5,7-10,12,19H,3,6,11,13-15H2,1H3,(H,23,25). The summed E-state index contributed by atoms with van der Waals surface area (Å²) in [6.45, 7) is 5.15. The number of carbonyl (C=O) groups excluding carboxylic acids is 1. The fraction of sp³-hybridized carbons (Fsp3) is 0.381. The summed E-state index contributed by atoms with van der Waals surface area (Å²) in [7, 11) is 0. The predicted molar refractivity (Wildman–Crippen MR) is 97.4 cm³/mol. The van der Waals surface area contributed by atoms with Gasteiger partial charge in [-0.05, 0) is 49.6 Å². The Bertz CT molecular complexity index is 714. The van der Waals surface area contributed by atoms with Crippen LogP contribution >= 0.6 is 0 Å². The Labute approximate surface area is 148 Å². The van der Waals surface area contributed by atoms with E-state index in [2.05, 4.69) is 29.3 Å². The van der Waals surface area contributed by atoms with E-state index in [0.29, 0.717) is 6.54 Å². The van der Waals surface area contributed by atoms with Crippen LogP contribution in [0.2, 0.25) is 0 Å². The second-order valence-electron chi connectivity index (χ2n) is 6.91. The van der Waals surface area contributed by atoms with E-state index in [1.165, 1.54) is 17.7 Å². The number of likely N-dealkylation sites (tertiary alicyclic amines) is 1. The molecule has 1 N–H and O–H groups in total. The monoisotopic (exact) mass is 340 g/mol. The van der Waals surface area contributed by atoms with Gasteiger partial charge < -0.3 is 5.32 Å². The fourth-order valence-electron chi connectivity index (χ4n) is 3.42. The Kier molecular flexibility index (Phi) is 5.82. The molecule has 0 saturated carbocycles. The van der Waals surface area contributed by atoms with E-state index in [9.17, 15) is 9.18 Å². The second kappa shape index (κ2) is 8.26. The molecular weight excluding hydrogens is 315 g/mol. The SMILES string of the molecule is Cc1cccc(CNC(=O)C2CCCN(Cc3ccc(F)cc3)C2)c1. The summed E-state index contributed by atoms with van der Waals surface area (Å²) in [5, 5.41) is 3.07. The molecular formula is C21H25FN2O. The molecule has 2 aromatic rings. The third-order valence-electron chi connectivity index (χ3n) is 4.74. The van der Waals surface area contributed by atoms with E-state index >= 15 is 0 Å². The molecule has 1 aliphatic rings. The minimum atomic E-state index is -0.212. The predicted octanol–water partition coefficient (Wildman–Crippen LogP) is 3.66. The van der Waals surface area contributed by atoms with Crippen LogP contribution in [0.25, 0.3) is 0 Å². The zero-order valence-corrected chi connectivity index (χ0v) is 14.7. The fourth-order valence-corrected chi connectivity index (χ4v) is 3.42. The van der Waals surface area contributed by atoms with Crippen LogP contribution in [0.4, 0.5) is 4.39 Å². The number of piperidine rings is 1. The largest absolute Gasteiger partial charge is 0.352 e. The van der Waals surface area contributed by atoms with Gasteiger partial charge in [0, 0.05) is 19.6 Å². The van der Waals surface area contributed by atoms with Gasteiger partial charge >= 0.3 is 0 Å². The number of benzene rings is 2. The van der Waals surface area contributed by atoms with Crippen molar-refractivity contribution in [1.82, 2.24) is 10.2 Å². The number of hydrogen-bond acceptors (Lipinski definition) is 2. The zero-order chi connectivity index (χ0) is 17.6. The molecule has 0 spiro atoms. The maximum absolute atomic E-state index is 13.0. The Morgan fingerprint density at radius 2 is 2.00 bits per heavy atom. The minimum Gasteiger partial charge on any atom is -0.352 e. The summed E-state index contributed by atoms with van der Waals surface area (Å²) in [5.74, 6) is -0.0554. The lowest BCUT2D eigenvalue weighted by Crippen LogP contribution is -2.42. The van der Waals surface area contributed by atoms with Gasteiger partial charge in [0.1, 0.15) is 5.82 Å². The Hall–Kier alpha value is -2.20. The molecule has 1 heterocycles. The number of nitrogens with zero attached hydrogens (tertiary/aromatic N) is 1. The third kappa shape index (κ3) is 5.13. The van der Waals surface area contributed by atoms with Crippen molar-refractivity contribution in [2.45, 2.75) is 32.9 Å². The number of aryl methyl sites for hydroxylation is 1. The smallest absolute Gasteiger partial charge is 0.224 e. The number of halogens is 1. The molecule has 1 amide bonds. The van der Waals surface area contributed by atoms with Crippen molar-refractivity contribution in [3.05, 3.63) is 71.0 Å². The lowest BCUT2D eigenvalue weighted by Gasteiger charge is -2.32. The number of hydrogen-bond donors (Lipinski definition) is 1. The summed E-state index contributed by atoms with van der Waals surface area (Å²) in [6.07, 6.45) is 1.95. The molecule has 4 heteroatoms. The highest BCUT2D eigenvalue weighted by molar-refractivity contribution is 5.79. The molecule has 1 aliphatic heterocycles. The van der Waals surface area contributed by atoms with Gasteiger partial charge in [0.15, 0.2) is 0 Å². The number of carbonyl (C=O) groups is 1. The van der Waals surface area contributed by atoms with Gasteiger partial charge in [-0.1, -0.05) is 42.0 Å². The van der Waals surface area contributed by atoms with Crippen LogP contribution in [0.3, 0.4) is 0 Å². The van der Waals surface area contributed by atoms with Crippen LogP contribution in [0.1, 0.15) is 29.5 Å². The summed E-state index contributed by atoms with van der Waals surface area (Å²) in [5.41, 5.74) is 3.42. The Balaban J connectivity index is 1.51. The molecule has 132 valence electrons. The molecule has 2 aromatic carbocycles. The molecule has 25 heavy (non-hydrogen) atoms. The summed E-state index contributed by atoms with van der Waals surface area (Å²) in [6, 6.07) is 14.8. The van der Waals surface area contributed by atoms with E-state index in [4.69, 9.17) is 0 Å². The van der Waals surface area contributed by atoms with Crippen molar-refractivity contribution in [2.75, 3.05) is 13.1 Å². The van der Waals surface area contributed by atoms with Gasteiger partial charge in [0.05, 0.1) is 5.92 Å². The van der Waals surface area contributed by atoms with Crippen LogP contribution in [0.5, 0.6) is 0 Å². The zero-order valence-electron chi connectivity index (χ0n) is 14.7. The summed E-state index contributed by atoms with van der Waals surface area (Å²) >= 11 is 0. The van der Waals surface area contributed by atoms with Crippen molar-refractivity contribution in [3.8, 4) is 0 Å². The van der Waals surface area contributed by atoms with Crippen LogP contribution in [-0.2, 0) is 17.9 Å². The summed E-state index contributed by atoms with van der Waals surface area (Å²) < 4.78 is 13.0. The van der Waals surface area contributed by atoms with Gasteiger partial charge in [0.25, 0.3) is 0 Å². The van der Waals surface area contributed by atoms with Crippen LogP contribution in [0.15, 0.2) is 48.5 Å². The average molecular weight is 340 g/mol. The molecule has 0 aromatic heterocycles. The Morgan fingerprint density at radius 3 is 2.76 bits per heavy atom. The molecule has 3 rings (SSSR count). The molecule has 0 bridgehead atoms. The molecule has 1 unspecified atom stereocenters. The lowest BCUT2D eigenvalue weighted by atomic mass is 9.96. The first-order chi connectivity index (χ1) is 12.1. The first kappa shape index (κ1) is 17.6. The van der Waals surface area contributed by atoms with Crippen molar-refractivity contribution in [2.24, 2.45) is 5.92 Å². The number of amides is 1. The third-order valence-corrected chi connectivity index (χ3v) is 4.74. The Morgan fingerprint density at radius 1 is 1.20 bits per heavy atom. The number of rotatable bonds is 5. The second-order valence-corrected chi connectivity index (χ2v) is 6.91. The van der Waals surface area contributed by atoms with E-state index in [0.717, 1.165) is 43.6 Å². The summed E-state index contributed by atoms with van der Waals surface area (Å²) in [4.78, 5) is 14.8. The highest BCUT2D eigenvalue weighted by Gasteiger charge is 2.25. The maximum Gasteiger partial charge on any atom is 0.224 e. The van der Waals surface area contributed by atoms with E-state index < -0.39 is 0 Å². The van der Waals surface area contributed by atoms with Gasteiger partial charge in [0.2, 0.25) is 5.91 Å². The van der Waals surface area contributed by atoms with Crippen molar-refractivity contribution >= 4 is 5.91 Å². The van der Waals surface area contributed by atoms with Gasteiger partial charge in [-0.2, -0.15) is 0 Å². The minimum absolute atomic E-state index is 0.0269. The first-order valence-corrected chi connectivity index (χ1v) is 8.90. The highest BCUT2D eigenvalue weighted by Crippen LogP contribution is 2.19. The van der Waals surface area contributed by atoms with Gasteiger partial charge in [-0.15, -0.1) is 0 Å². The highest BCUT2D eigenvalue weighted by atomic mass is 19.1. The van der Waals surface area contributed by atoms with Crippen LogP contribution < -0.4 is 5.32 Å². The molecule has 0 radical (unpaired) electrons. The topological polar surface area (TPSA) is 32.3 Å². The van der Waals surface area contributed by atoms with Crippen molar-refractivity contribution in [1.29, 1.82) is 0 Å². The van der Waals surface area contributed by atoms with E-state index in [1.54, 1.807) is 0 Å². The maximum atomic E-state index is 13.0. The van der Waals surface area contributed by atoms with Crippen molar-refractivity contribution < 1.29 is 9.18 Å². The van der Waals surface area contributed by atoms with E-state index in [1.807, 2.05) is 24.3 Å². The average Bonchev–Trinajstić information content (AvgIpc) is 2.62. The van der Waals surface area contributed by atoms with Crippen molar-refractivity contribution in [3.63, 3.8) is 0 Å². The van der Waals surface area contributed by atoms with Gasteiger partial charge in [-0.25, -0.2) is 4.39 Å². The first-order valence-electron chi connectivity index (χ1n) is 8.90. The molecule has 0 aliphatic carbocycles. The van der Waals surface area contributed by atoms with Crippen LogP contribution in [-0.4, -0.2) is 23.9 Å².